The van der Waals surface area contributed by atoms with E-state index < -0.39 is 5.60 Å². The van der Waals surface area contributed by atoms with Crippen molar-refractivity contribution in [2.75, 3.05) is 29.9 Å². The molecule has 2 fully saturated rings. The molecule has 12 heteroatoms. The van der Waals surface area contributed by atoms with Crippen molar-refractivity contribution in [2.24, 2.45) is 5.92 Å². The van der Waals surface area contributed by atoms with Crippen molar-refractivity contribution in [2.45, 2.75) is 39.0 Å². The molecular weight excluding hydrogens is 514 g/mol. The van der Waals surface area contributed by atoms with Crippen molar-refractivity contribution < 1.29 is 9.53 Å². The minimum absolute atomic E-state index is 0.102. The summed E-state index contributed by atoms with van der Waals surface area (Å²) in [7, 11) is 0. The van der Waals surface area contributed by atoms with Crippen LogP contribution < -0.4 is 10.2 Å². The molecule has 0 radical (unpaired) electrons. The van der Waals surface area contributed by atoms with Gasteiger partial charge in [0, 0.05) is 25.6 Å². The number of fused-ring (bicyclic) bond motifs is 3. The van der Waals surface area contributed by atoms with Gasteiger partial charge in [0.2, 0.25) is 11.9 Å². The summed E-state index contributed by atoms with van der Waals surface area (Å²) in [6.45, 7) is 8.24. The van der Waals surface area contributed by atoms with E-state index >= 15 is 0 Å². The lowest BCUT2D eigenvalue weighted by Gasteiger charge is -2.43. The lowest BCUT2D eigenvalue weighted by atomic mass is 9.93. The first kappa shape index (κ1) is 22.1. The highest BCUT2D eigenvalue weighted by Crippen LogP contribution is 2.35. The molecule has 0 spiro atoms. The molecule has 2 aliphatic heterocycles. The topological polar surface area (TPSA) is 117 Å². The molecule has 11 nitrogen and oxygen atoms in total. The van der Waals surface area contributed by atoms with Crippen LogP contribution in [0, 0.1) is 5.92 Å². The second-order valence-electron chi connectivity index (χ2n) is 9.99. The second-order valence-corrected chi connectivity index (χ2v) is 10.8. The van der Waals surface area contributed by atoms with Crippen LogP contribution in [0.5, 0.6) is 0 Å². The summed E-state index contributed by atoms with van der Waals surface area (Å²) < 4.78 is 8.03. The number of amides is 1. The summed E-state index contributed by atoms with van der Waals surface area (Å²) >= 11 is 3.55. The number of aromatic nitrogens is 6. The molecular formula is C23H26BrN9O2. The van der Waals surface area contributed by atoms with Crippen LogP contribution in [0.15, 0.2) is 34.9 Å². The van der Waals surface area contributed by atoms with Gasteiger partial charge in [0.1, 0.15) is 11.4 Å². The number of benzene rings is 1. The zero-order chi connectivity index (χ0) is 24.3. The van der Waals surface area contributed by atoms with Crippen molar-refractivity contribution in [3.05, 3.63) is 40.8 Å². The van der Waals surface area contributed by atoms with Crippen molar-refractivity contribution in [1.29, 1.82) is 0 Å². The van der Waals surface area contributed by atoms with Gasteiger partial charge in [-0.3, -0.25) is 0 Å². The molecule has 1 aromatic carbocycles. The monoisotopic (exact) mass is 539 g/mol. The number of anilines is 2. The third kappa shape index (κ3) is 4.05. The fourth-order valence-electron chi connectivity index (χ4n) is 4.68. The highest BCUT2D eigenvalue weighted by molar-refractivity contribution is 9.10. The maximum absolute atomic E-state index is 12.6. The first-order valence-electron chi connectivity index (χ1n) is 11.6. The van der Waals surface area contributed by atoms with Gasteiger partial charge >= 0.3 is 6.09 Å². The molecule has 1 amide bonds. The molecule has 4 aromatic rings. The molecule has 0 saturated carbocycles. The van der Waals surface area contributed by atoms with Crippen LogP contribution in [-0.2, 0) is 11.3 Å². The fraction of sp³-hybridized carbons (Fsp3) is 0.435. The number of carbonyl (C=O) groups excluding carboxylic acids is 1. The first-order valence-corrected chi connectivity index (χ1v) is 12.4. The van der Waals surface area contributed by atoms with Crippen LogP contribution in [0.3, 0.4) is 0 Å². The second kappa shape index (κ2) is 8.08. The SMILES string of the molecule is CC(C)(C)OC(=O)N1C[C@@H]2CN(c3nc(NCc4nc5ccccc5[nH]4)n4ncc(Br)c4n3)C[C@@H]21. The Labute approximate surface area is 210 Å². The van der Waals surface area contributed by atoms with Crippen molar-refractivity contribution in [3.8, 4) is 0 Å². The number of nitrogens with zero attached hydrogens (tertiary/aromatic N) is 7. The van der Waals surface area contributed by atoms with Crippen LogP contribution in [0.4, 0.5) is 16.7 Å². The zero-order valence-corrected chi connectivity index (χ0v) is 21.3. The molecule has 0 aliphatic carbocycles. The predicted molar refractivity (Wildman–Crippen MR) is 134 cm³/mol. The van der Waals surface area contributed by atoms with Gasteiger partial charge < -0.3 is 24.8 Å². The van der Waals surface area contributed by atoms with Crippen molar-refractivity contribution >= 4 is 50.6 Å². The lowest BCUT2D eigenvalue weighted by Crippen LogP contribution is -2.59. The summed E-state index contributed by atoms with van der Waals surface area (Å²) in [6.07, 6.45) is 1.45. The first-order chi connectivity index (χ1) is 16.7. The van der Waals surface area contributed by atoms with E-state index in [-0.39, 0.29) is 12.1 Å². The highest BCUT2D eigenvalue weighted by Gasteiger charge is 2.49. The van der Waals surface area contributed by atoms with Gasteiger partial charge in [-0.15, -0.1) is 0 Å². The minimum atomic E-state index is -0.511. The number of hydrogen-bond donors (Lipinski definition) is 2. The number of aromatic amines is 1. The highest BCUT2D eigenvalue weighted by atomic mass is 79.9. The Balaban J connectivity index is 1.23. The molecule has 2 N–H and O–H groups in total. The molecule has 0 unspecified atom stereocenters. The Morgan fingerprint density at radius 2 is 2.03 bits per heavy atom. The Kier molecular flexibility index (Phi) is 5.09. The van der Waals surface area contributed by atoms with E-state index in [4.69, 9.17) is 14.7 Å². The van der Waals surface area contributed by atoms with Crippen LogP contribution in [0.25, 0.3) is 16.7 Å². The number of para-hydroxylation sites is 2. The van der Waals surface area contributed by atoms with E-state index in [0.717, 1.165) is 27.9 Å². The average Bonchev–Trinajstić information content (AvgIpc) is 3.47. The van der Waals surface area contributed by atoms with E-state index in [0.29, 0.717) is 43.1 Å². The molecule has 5 heterocycles. The van der Waals surface area contributed by atoms with E-state index in [1.54, 1.807) is 10.7 Å². The van der Waals surface area contributed by atoms with Crippen molar-refractivity contribution in [1.82, 2.24) is 34.4 Å². The Morgan fingerprint density at radius 3 is 2.83 bits per heavy atom. The van der Waals surface area contributed by atoms with E-state index in [1.165, 1.54) is 0 Å². The van der Waals surface area contributed by atoms with Gasteiger partial charge in [-0.1, -0.05) is 12.1 Å². The fourth-order valence-corrected chi connectivity index (χ4v) is 5.03. The number of imidazole rings is 1. The van der Waals surface area contributed by atoms with Crippen LogP contribution >= 0.6 is 15.9 Å². The largest absolute Gasteiger partial charge is 0.444 e. The summed E-state index contributed by atoms with van der Waals surface area (Å²) in [5.41, 5.74) is 2.07. The van der Waals surface area contributed by atoms with Crippen LogP contribution in [-0.4, -0.2) is 71.8 Å². The molecule has 35 heavy (non-hydrogen) atoms. The Bertz CT molecular complexity index is 1390. The molecule has 2 saturated heterocycles. The Morgan fingerprint density at radius 1 is 1.20 bits per heavy atom. The van der Waals surface area contributed by atoms with Crippen molar-refractivity contribution in [3.63, 3.8) is 0 Å². The summed E-state index contributed by atoms with van der Waals surface area (Å²) in [5.74, 6) is 2.35. The van der Waals surface area contributed by atoms with E-state index in [2.05, 4.69) is 41.2 Å². The minimum Gasteiger partial charge on any atom is -0.444 e. The number of halogens is 1. The number of nitrogens with one attached hydrogen (secondary N) is 2. The maximum atomic E-state index is 12.6. The standard InChI is InChI=1S/C23H26BrN9O2/c1-23(2,3)35-22(34)32-11-13-10-31(12-17(13)32)21-29-19-14(24)8-26-33(19)20(30-21)25-9-18-27-15-6-4-5-7-16(15)28-18/h4-8,13,17H,9-12H2,1-3H3,(H,27,28)(H,25,29,30)/t13-,17-/m0/s1. The number of carbonyl (C=O) groups is 1. The summed E-state index contributed by atoms with van der Waals surface area (Å²) in [6, 6.07) is 8.02. The maximum Gasteiger partial charge on any atom is 0.410 e. The van der Waals surface area contributed by atoms with Gasteiger partial charge in [0.15, 0.2) is 5.65 Å². The molecule has 0 bridgehead atoms. The van der Waals surface area contributed by atoms with E-state index in [9.17, 15) is 4.79 Å². The number of likely N-dealkylation sites (tertiary alicyclic amines) is 1. The smallest absolute Gasteiger partial charge is 0.410 e. The number of rotatable bonds is 4. The summed E-state index contributed by atoms with van der Waals surface area (Å²) in [4.78, 5) is 34.0. The number of hydrogen-bond acceptors (Lipinski definition) is 8. The normalized spacial score (nSPS) is 19.8. The zero-order valence-electron chi connectivity index (χ0n) is 19.7. The third-order valence-corrected chi connectivity index (χ3v) is 6.87. The predicted octanol–water partition coefficient (Wildman–Crippen LogP) is 3.43. The quantitative estimate of drug-likeness (QED) is 0.405. The van der Waals surface area contributed by atoms with Gasteiger partial charge in [0.05, 0.1) is 34.3 Å². The van der Waals surface area contributed by atoms with Gasteiger partial charge in [-0.2, -0.15) is 19.6 Å². The van der Waals surface area contributed by atoms with E-state index in [1.807, 2.05) is 49.9 Å². The lowest BCUT2D eigenvalue weighted by molar-refractivity contribution is -0.0163. The van der Waals surface area contributed by atoms with Gasteiger partial charge in [0.25, 0.3) is 0 Å². The number of ether oxygens (including phenoxy) is 1. The molecule has 2 atom stereocenters. The molecule has 3 aromatic heterocycles. The van der Waals surface area contributed by atoms with Gasteiger partial charge in [-0.05, 0) is 48.8 Å². The summed E-state index contributed by atoms with van der Waals surface area (Å²) in [5, 5.41) is 7.77. The average molecular weight is 540 g/mol. The molecule has 182 valence electrons. The molecule has 6 rings (SSSR count). The third-order valence-electron chi connectivity index (χ3n) is 6.31. The van der Waals surface area contributed by atoms with Crippen LogP contribution in [0.1, 0.15) is 26.6 Å². The van der Waals surface area contributed by atoms with Crippen LogP contribution in [0.2, 0.25) is 0 Å². The molecule has 2 aliphatic rings. The number of H-pyrrole nitrogens is 1. The van der Waals surface area contributed by atoms with Gasteiger partial charge in [-0.25, -0.2) is 9.78 Å². The Hall–Kier alpha value is -3.41.